The molecule has 0 aliphatic carbocycles. The number of hydrogen-bond acceptors (Lipinski definition) is 3. The first kappa shape index (κ1) is 11.7. The number of halogens is 1. The van der Waals surface area contributed by atoms with Crippen molar-refractivity contribution in [3.8, 4) is 0 Å². The second-order valence-electron chi connectivity index (χ2n) is 3.12. The fourth-order valence-electron chi connectivity index (χ4n) is 1.15. The summed E-state index contributed by atoms with van der Waals surface area (Å²) in [6.45, 7) is 2.78. The maximum Gasteiger partial charge on any atom is 0.303 e. The summed E-state index contributed by atoms with van der Waals surface area (Å²) in [4.78, 5) is 22.1. The van der Waals surface area contributed by atoms with E-state index in [1.807, 2.05) is 0 Å². The van der Waals surface area contributed by atoms with Crippen LogP contribution in [0.25, 0.3) is 0 Å². The van der Waals surface area contributed by atoms with Crippen molar-refractivity contribution in [2.45, 2.75) is 13.8 Å². The van der Waals surface area contributed by atoms with E-state index in [4.69, 9.17) is 11.6 Å². The smallest absolute Gasteiger partial charge is 0.303 e. The van der Waals surface area contributed by atoms with Crippen molar-refractivity contribution in [2.24, 2.45) is 0 Å². The summed E-state index contributed by atoms with van der Waals surface area (Å²) in [5.41, 5.74) is 1.19. The Labute approximate surface area is 93.0 Å². The fraction of sp³-hybridized carbons (Fsp3) is 0.273. The normalized spacial score (nSPS) is 9.80. The zero-order chi connectivity index (χ0) is 11.4. The zero-order valence-electron chi connectivity index (χ0n) is 8.54. The second-order valence-corrected chi connectivity index (χ2v) is 3.52. The number of carbonyl (C=O) groups excluding carboxylic acids is 2. The molecule has 0 bridgehead atoms. The Bertz CT molecular complexity index is 399. The lowest BCUT2D eigenvalue weighted by Gasteiger charge is -2.06. The molecule has 1 rings (SSSR count). The van der Waals surface area contributed by atoms with Crippen molar-refractivity contribution in [1.82, 2.24) is 0 Å². The van der Waals surface area contributed by atoms with Crippen molar-refractivity contribution < 1.29 is 14.3 Å². The van der Waals surface area contributed by atoms with Crippen LogP contribution in [0.1, 0.15) is 22.8 Å². The van der Waals surface area contributed by atoms with Gasteiger partial charge in [0.05, 0.1) is 0 Å². The minimum absolute atomic E-state index is 0.240. The van der Waals surface area contributed by atoms with Gasteiger partial charge in [-0.2, -0.15) is 0 Å². The van der Waals surface area contributed by atoms with Crippen LogP contribution >= 0.6 is 11.6 Å². The van der Waals surface area contributed by atoms with E-state index in [0.717, 1.165) is 0 Å². The Hall–Kier alpha value is -1.35. The molecule has 4 heteroatoms. The summed E-state index contributed by atoms with van der Waals surface area (Å²) in [5.74, 6) is -0.715. The third-order valence-electron chi connectivity index (χ3n) is 1.97. The lowest BCUT2D eigenvalue weighted by molar-refractivity contribution is -0.139. The molecule has 0 fully saturated rings. The van der Waals surface area contributed by atoms with Crippen LogP contribution in [0, 0.1) is 6.92 Å². The van der Waals surface area contributed by atoms with E-state index in [2.05, 4.69) is 4.74 Å². The minimum atomic E-state index is -0.469. The van der Waals surface area contributed by atoms with Gasteiger partial charge in [-0.05, 0) is 18.6 Å². The molecule has 0 saturated heterocycles. The van der Waals surface area contributed by atoms with Gasteiger partial charge in [-0.15, -0.1) is 0 Å². The number of benzene rings is 1. The predicted molar refractivity (Wildman–Crippen MR) is 57.2 cm³/mol. The second kappa shape index (κ2) is 4.94. The molecular weight excluding hydrogens is 216 g/mol. The molecule has 0 saturated carbocycles. The molecule has 15 heavy (non-hydrogen) atoms. The molecule has 80 valence electrons. The number of ether oxygens (including phenoxy) is 1. The quantitative estimate of drug-likeness (QED) is 0.587. The lowest BCUT2D eigenvalue weighted by atomic mass is 10.1. The SMILES string of the molecule is CC(=O)OCC(=O)c1cccc(Cl)c1C. The lowest BCUT2D eigenvalue weighted by Crippen LogP contribution is -2.13. The third-order valence-corrected chi connectivity index (χ3v) is 2.38. The van der Waals surface area contributed by atoms with Crippen LogP contribution in [-0.2, 0) is 9.53 Å². The molecule has 0 atom stereocenters. The van der Waals surface area contributed by atoms with Gasteiger partial charge in [-0.25, -0.2) is 0 Å². The number of esters is 1. The third kappa shape index (κ3) is 3.06. The molecule has 1 aromatic carbocycles. The Kier molecular flexibility index (Phi) is 3.86. The first-order valence-electron chi connectivity index (χ1n) is 4.44. The van der Waals surface area contributed by atoms with Crippen LogP contribution in [0.5, 0.6) is 0 Å². The molecule has 0 unspecified atom stereocenters. The molecule has 0 N–H and O–H groups in total. The Morgan fingerprint density at radius 3 is 2.67 bits per heavy atom. The summed E-state index contributed by atoms with van der Waals surface area (Å²) >= 11 is 5.86. The topological polar surface area (TPSA) is 43.4 Å². The van der Waals surface area contributed by atoms with Crippen LogP contribution in [-0.4, -0.2) is 18.4 Å². The standard InChI is InChI=1S/C11H11ClO3/c1-7-9(4-3-5-10(7)12)11(14)6-15-8(2)13/h3-5H,6H2,1-2H3. The van der Waals surface area contributed by atoms with Gasteiger partial charge in [0.25, 0.3) is 0 Å². The number of rotatable bonds is 3. The number of carbonyl (C=O) groups is 2. The van der Waals surface area contributed by atoms with Crippen LogP contribution in [0.15, 0.2) is 18.2 Å². The maximum atomic E-state index is 11.6. The predicted octanol–water partition coefficient (Wildman–Crippen LogP) is 2.39. The van der Waals surface area contributed by atoms with E-state index in [-0.39, 0.29) is 12.4 Å². The molecule has 0 aliphatic heterocycles. The average molecular weight is 227 g/mol. The maximum absolute atomic E-state index is 11.6. The monoisotopic (exact) mass is 226 g/mol. The van der Waals surface area contributed by atoms with Gasteiger partial charge in [0.15, 0.2) is 6.61 Å². The highest BCUT2D eigenvalue weighted by molar-refractivity contribution is 6.31. The van der Waals surface area contributed by atoms with Gasteiger partial charge in [-0.1, -0.05) is 23.7 Å². The van der Waals surface area contributed by atoms with E-state index in [1.165, 1.54) is 6.92 Å². The largest absolute Gasteiger partial charge is 0.457 e. The highest BCUT2D eigenvalue weighted by Gasteiger charge is 2.11. The van der Waals surface area contributed by atoms with Gasteiger partial charge in [0.1, 0.15) is 0 Å². The summed E-state index contributed by atoms with van der Waals surface area (Å²) in [5, 5.41) is 0.531. The molecule has 0 amide bonds. The molecule has 0 aliphatic rings. The van der Waals surface area contributed by atoms with Crippen LogP contribution < -0.4 is 0 Å². The molecule has 1 aromatic rings. The Balaban J connectivity index is 2.82. The van der Waals surface area contributed by atoms with Crippen molar-refractivity contribution in [2.75, 3.05) is 6.61 Å². The Morgan fingerprint density at radius 1 is 1.40 bits per heavy atom. The van der Waals surface area contributed by atoms with Crippen molar-refractivity contribution in [1.29, 1.82) is 0 Å². The zero-order valence-corrected chi connectivity index (χ0v) is 9.30. The first-order chi connectivity index (χ1) is 7.02. The molecule has 0 radical (unpaired) electrons. The van der Waals surface area contributed by atoms with Gasteiger partial charge < -0.3 is 4.74 Å². The molecule has 3 nitrogen and oxygen atoms in total. The van der Waals surface area contributed by atoms with Gasteiger partial charge >= 0.3 is 5.97 Å². The van der Waals surface area contributed by atoms with Crippen molar-refractivity contribution in [3.63, 3.8) is 0 Å². The number of ketones is 1. The van der Waals surface area contributed by atoms with Crippen LogP contribution in [0.3, 0.4) is 0 Å². The van der Waals surface area contributed by atoms with E-state index in [0.29, 0.717) is 16.1 Å². The summed E-state index contributed by atoms with van der Waals surface area (Å²) < 4.78 is 4.62. The van der Waals surface area contributed by atoms with E-state index >= 15 is 0 Å². The Morgan fingerprint density at radius 2 is 2.07 bits per heavy atom. The molecule has 0 spiro atoms. The van der Waals surface area contributed by atoms with Gasteiger partial charge in [0.2, 0.25) is 5.78 Å². The summed E-state index contributed by atoms with van der Waals surface area (Å²) in [6.07, 6.45) is 0. The highest BCUT2D eigenvalue weighted by Crippen LogP contribution is 2.19. The first-order valence-corrected chi connectivity index (χ1v) is 4.82. The van der Waals surface area contributed by atoms with E-state index in [9.17, 15) is 9.59 Å². The molecule has 0 aromatic heterocycles. The van der Waals surface area contributed by atoms with E-state index in [1.54, 1.807) is 25.1 Å². The van der Waals surface area contributed by atoms with Gasteiger partial charge in [0, 0.05) is 17.5 Å². The molecular formula is C11H11ClO3. The van der Waals surface area contributed by atoms with Crippen molar-refractivity contribution in [3.05, 3.63) is 34.3 Å². The number of Topliss-reactive ketones (excluding diaryl/α,β-unsaturated/α-hetero) is 1. The fourth-order valence-corrected chi connectivity index (χ4v) is 1.33. The van der Waals surface area contributed by atoms with Crippen molar-refractivity contribution >= 4 is 23.4 Å². The number of hydrogen-bond donors (Lipinski definition) is 0. The van der Waals surface area contributed by atoms with Crippen LogP contribution in [0.2, 0.25) is 5.02 Å². The summed E-state index contributed by atoms with van der Waals surface area (Å²) in [7, 11) is 0. The van der Waals surface area contributed by atoms with E-state index < -0.39 is 5.97 Å². The molecule has 0 heterocycles. The highest BCUT2D eigenvalue weighted by atomic mass is 35.5. The summed E-state index contributed by atoms with van der Waals surface area (Å²) in [6, 6.07) is 5.06. The van der Waals surface area contributed by atoms with Crippen LogP contribution in [0.4, 0.5) is 0 Å². The minimum Gasteiger partial charge on any atom is -0.457 e. The average Bonchev–Trinajstić information content (AvgIpc) is 2.18. The van der Waals surface area contributed by atoms with Gasteiger partial charge in [-0.3, -0.25) is 9.59 Å².